The summed E-state index contributed by atoms with van der Waals surface area (Å²) in [5.41, 5.74) is 10.7. The van der Waals surface area contributed by atoms with E-state index in [1.165, 1.54) is 0 Å². The Morgan fingerprint density at radius 2 is 2.20 bits per heavy atom. The van der Waals surface area contributed by atoms with Crippen molar-refractivity contribution in [2.45, 2.75) is 6.92 Å². The minimum atomic E-state index is -0.123. The predicted molar refractivity (Wildman–Crippen MR) is 77.0 cm³/mol. The SMILES string of the molecule is Cc1ccc(C(=O)NN2CCOCC2)cc1C#CCN. The zero-order valence-corrected chi connectivity index (χ0v) is 11.6. The largest absolute Gasteiger partial charge is 0.379 e. The van der Waals surface area contributed by atoms with Gasteiger partial charge < -0.3 is 10.5 Å². The molecule has 1 aliphatic heterocycles. The summed E-state index contributed by atoms with van der Waals surface area (Å²) in [6, 6.07) is 5.50. The number of hydrazine groups is 1. The maximum absolute atomic E-state index is 12.2. The van der Waals surface area contributed by atoms with Gasteiger partial charge in [-0.25, -0.2) is 5.01 Å². The van der Waals surface area contributed by atoms with Gasteiger partial charge in [0, 0.05) is 24.2 Å². The molecule has 0 unspecified atom stereocenters. The molecule has 2 rings (SSSR count). The summed E-state index contributed by atoms with van der Waals surface area (Å²) >= 11 is 0. The number of morpholine rings is 1. The third-order valence-electron chi connectivity index (χ3n) is 3.10. The van der Waals surface area contributed by atoms with E-state index in [9.17, 15) is 4.79 Å². The van der Waals surface area contributed by atoms with Crippen LogP contribution >= 0.6 is 0 Å². The molecule has 5 nitrogen and oxygen atoms in total. The van der Waals surface area contributed by atoms with Gasteiger partial charge in [-0.3, -0.25) is 10.2 Å². The first-order chi connectivity index (χ1) is 9.70. The Kier molecular flexibility index (Phi) is 5.13. The van der Waals surface area contributed by atoms with Gasteiger partial charge in [0.05, 0.1) is 19.8 Å². The third-order valence-corrected chi connectivity index (χ3v) is 3.10. The number of hydrogen-bond acceptors (Lipinski definition) is 4. The highest BCUT2D eigenvalue weighted by Crippen LogP contribution is 2.10. The second-order valence-electron chi connectivity index (χ2n) is 4.58. The second-order valence-corrected chi connectivity index (χ2v) is 4.58. The summed E-state index contributed by atoms with van der Waals surface area (Å²) in [7, 11) is 0. The molecule has 0 saturated carbocycles. The molecular weight excluding hydrogens is 254 g/mol. The number of aryl methyl sites for hydroxylation is 1. The van der Waals surface area contributed by atoms with Gasteiger partial charge in [-0.1, -0.05) is 17.9 Å². The first-order valence-electron chi connectivity index (χ1n) is 6.64. The summed E-state index contributed by atoms with van der Waals surface area (Å²) in [5.74, 6) is 5.67. The van der Waals surface area contributed by atoms with Gasteiger partial charge in [-0.15, -0.1) is 0 Å². The van der Waals surface area contributed by atoms with Crippen molar-refractivity contribution in [3.63, 3.8) is 0 Å². The van der Waals surface area contributed by atoms with Crippen LogP contribution in [0, 0.1) is 18.8 Å². The molecule has 1 aliphatic rings. The molecule has 0 atom stereocenters. The van der Waals surface area contributed by atoms with Crippen molar-refractivity contribution in [3.8, 4) is 11.8 Å². The molecule has 0 aromatic heterocycles. The van der Waals surface area contributed by atoms with Crippen molar-refractivity contribution in [2.24, 2.45) is 5.73 Å². The predicted octanol–water partition coefficient (Wildman–Crippen LogP) is 0.282. The average Bonchev–Trinajstić information content (AvgIpc) is 2.47. The molecule has 0 radical (unpaired) electrons. The minimum Gasteiger partial charge on any atom is -0.379 e. The van der Waals surface area contributed by atoms with Crippen molar-refractivity contribution < 1.29 is 9.53 Å². The van der Waals surface area contributed by atoms with E-state index in [2.05, 4.69) is 17.3 Å². The van der Waals surface area contributed by atoms with E-state index in [0.717, 1.165) is 11.1 Å². The number of carbonyl (C=O) groups excluding carboxylic acids is 1. The number of hydrogen-bond donors (Lipinski definition) is 2. The van der Waals surface area contributed by atoms with Crippen molar-refractivity contribution in [1.82, 2.24) is 10.4 Å². The van der Waals surface area contributed by atoms with Gasteiger partial charge in [0.1, 0.15) is 0 Å². The summed E-state index contributed by atoms with van der Waals surface area (Å²) in [6.45, 7) is 4.96. The number of nitrogens with zero attached hydrogens (tertiary/aromatic N) is 1. The molecule has 1 amide bonds. The minimum absolute atomic E-state index is 0.123. The van der Waals surface area contributed by atoms with Crippen molar-refractivity contribution in [1.29, 1.82) is 0 Å². The Balaban J connectivity index is 2.09. The zero-order chi connectivity index (χ0) is 14.4. The van der Waals surface area contributed by atoms with Crippen LogP contribution in [0.3, 0.4) is 0 Å². The van der Waals surface area contributed by atoms with Crippen molar-refractivity contribution in [3.05, 3.63) is 34.9 Å². The zero-order valence-electron chi connectivity index (χ0n) is 11.6. The van der Waals surface area contributed by atoms with Gasteiger partial charge in [0.25, 0.3) is 5.91 Å². The maximum atomic E-state index is 12.2. The fourth-order valence-corrected chi connectivity index (χ4v) is 1.93. The highest BCUT2D eigenvalue weighted by molar-refractivity contribution is 5.94. The van der Waals surface area contributed by atoms with Crippen LogP contribution in [-0.2, 0) is 4.74 Å². The van der Waals surface area contributed by atoms with E-state index < -0.39 is 0 Å². The number of benzene rings is 1. The highest BCUT2D eigenvalue weighted by atomic mass is 16.5. The lowest BCUT2D eigenvalue weighted by atomic mass is 10.0. The van der Waals surface area contributed by atoms with Crippen LogP contribution < -0.4 is 11.2 Å². The molecule has 20 heavy (non-hydrogen) atoms. The standard InChI is InChI=1S/C15H19N3O2/c1-12-4-5-14(11-13(12)3-2-6-16)15(19)17-18-7-9-20-10-8-18/h4-5,11H,6-10,16H2,1H3,(H,17,19). The molecule has 0 aliphatic carbocycles. The van der Waals surface area contributed by atoms with Crippen molar-refractivity contribution in [2.75, 3.05) is 32.8 Å². The van der Waals surface area contributed by atoms with Gasteiger partial charge in [-0.05, 0) is 24.6 Å². The van der Waals surface area contributed by atoms with E-state index in [1.807, 2.05) is 18.0 Å². The summed E-state index contributed by atoms with van der Waals surface area (Å²) in [4.78, 5) is 12.2. The van der Waals surface area contributed by atoms with Crippen LogP contribution in [-0.4, -0.2) is 43.8 Å². The maximum Gasteiger partial charge on any atom is 0.265 e. The van der Waals surface area contributed by atoms with Gasteiger partial charge in [0.2, 0.25) is 0 Å². The first kappa shape index (κ1) is 14.5. The van der Waals surface area contributed by atoms with E-state index in [0.29, 0.717) is 38.4 Å². The molecular formula is C15H19N3O2. The quantitative estimate of drug-likeness (QED) is 0.760. The highest BCUT2D eigenvalue weighted by Gasteiger charge is 2.14. The number of nitrogens with two attached hydrogens (primary N) is 1. The molecule has 0 spiro atoms. The van der Waals surface area contributed by atoms with E-state index in [1.54, 1.807) is 12.1 Å². The molecule has 1 aromatic carbocycles. The molecule has 0 bridgehead atoms. The fraction of sp³-hybridized carbons (Fsp3) is 0.400. The fourth-order valence-electron chi connectivity index (χ4n) is 1.93. The molecule has 106 valence electrons. The van der Waals surface area contributed by atoms with Crippen LogP contribution in [0.2, 0.25) is 0 Å². The summed E-state index contributed by atoms with van der Waals surface area (Å²) in [5, 5.41) is 1.87. The molecule has 1 heterocycles. The number of amides is 1. The number of ether oxygens (including phenoxy) is 1. The van der Waals surface area contributed by atoms with E-state index >= 15 is 0 Å². The lowest BCUT2D eigenvalue weighted by molar-refractivity contribution is 0.0126. The lowest BCUT2D eigenvalue weighted by Crippen LogP contribution is -2.48. The van der Waals surface area contributed by atoms with Gasteiger partial charge >= 0.3 is 0 Å². The van der Waals surface area contributed by atoms with Crippen LogP contribution in [0.15, 0.2) is 18.2 Å². The van der Waals surface area contributed by atoms with Crippen molar-refractivity contribution >= 4 is 5.91 Å². The normalized spacial score (nSPS) is 15.3. The van der Waals surface area contributed by atoms with Gasteiger partial charge in [0.15, 0.2) is 0 Å². The first-order valence-corrected chi connectivity index (χ1v) is 6.64. The Hall–Kier alpha value is -1.87. The Bertz CT molecular complexity index is 540. The topological polar surface area (TPSA) is 67.6 Å². The Labute approximate surface area is 119 Å². The van der Waals surface area contributed by atoms with Crippen LogP contribution in [0.5, 0.6) is 0 Å². The third kappa shape index (κ3) is 3.81. The van der Waals surface area contributed by atoms with Gasteiger partial charge in [-0.2, -0.15) is 0 Å². The summed E-state index contributed by atoms with van der Waals surface area (Å²) in [6.07, 6.45) is 0. The smallest absolute Gasteiger partial charge is 0.265 e. The van der Waals surface area contributed by atoms with Crippen LogP contribution in [0.25, 0.3) is 0 Å². The monoisotopic (exact) mass is 273 g/mol. The Morgan fingerprint density at radius 3 is 2.90 bits per heavy atom. The molecule has 1 fully saturated rings. The molecule has 5 heteroatoms. The Morgan fingerprint density at radius 1 is 1.45 bits per heavy atom. The van der Waals surface area contributed by atoms with E-state index in [-0.39, 0.29) is 5.91 Å². The molecule has 3 N–H and O–H groups in total. The number of rotatable bonds is 2. The molecule has 1 saturated heterocycles. The molecule has 1 aromatic rings. The van der Waals surface area contributed by atoms with Crippen LogP contribution in [0.4, 0.5) is 0 Å². The summed E-state index contributed by atoms with van der Waals surface area (Å²) < 4.78 is 5.24. The number of nitrogens with one attached hydrogen (secondary N) is 1. The van der Waals surface area contributed by atoms with Crippen LogP contribution in [0.1, 0.15) is 21.5 Å². The number of carbonyl (C=O) groups is 1. The second kappa shape index (κ2) is 7.06. The van der Waals surface area contributed by atoms with E-state index in [4.69, 9.17) is 10.5 Å². The average molecular weight is 273 g/mol. The lowest BCUT2D eigenvalue weighted by Gasteiger charge is -2.26.